The normalized spacial score (nSPS) is 12.7. The van der Waals surface area contributed by atoms with Crippen LogP contribution in [0.1, 0.15) is 5.56 Å². The van der Waals surface area contributed by atoms with E-state index in [0.717, 1.165) is 28.9 Å². The first-order valence-electron chi connectivity index (χ1n) is 4.98. The summed E-state index contributed by atoms with van der Waals surface area (Å²) >= 11 is 0. The molecule has 3 nitrogen and oxygen atoms in total. The predicted octanol–water partition coefficient (Wildman–Crippen LogP) is 2.34. The maximum absolute atomic E-state index is 12.3. The third-order valence-electron chi connectivity index (χ3n) is 2.31. The van der Waals surface area contributed by atoms with Crippen molar-refractivity contribution in [1.82, 2.24) is 15.0 Å². The van der Waals surface area contributed by atoms with Crippen LogP contribution in [0.25, 0.3) is 5.69 Å². The van der Waals surface area contributed by atoms with Gasteiger partial charge < -0.3 is 12.9 Å². The molecule has 19 heavy (non-hydrogen) atoms. The largest absolute Gasteiger partial charge is 0.531 e. The van der Waals surface area contributed by atoms with Gasteiger partial charge in [-0.3, -0.25) is 0 Å². The van der Waals surface area contributed by atoms with E-state index in [0.29, 0.717) is 6.20 Å². The molecule has 0 bridgehead atoms. The standard InChI is InChI=1S/C9H5BF6N3/c11-9(12,13)6-1-3-7(4-2-6)19-5-8(17-18-19)10(14,15)16/h1-5H/q-1. The van der Waals surface area contributed by atoms with E-state index in [2.05, 4.69) is 10.3 Å². The second-order valence-corrected chi connectivity index (χ2v) is 3.71. The highest BCUT2D eigenvalue weighted by Crippen LogP contribution is 2.29. The summed E-state index contributed by atoms with van der Waals surface area (Å²) in [6.07, 6.45) is -3.87. The van der Waals surface area contributed by atoms with E-state index in [9.17, 15) is 26.1 Å². The monoisotopic (exact) mass is 280 g/mol. The smallest absolute Gasteiger partial charge is 0.444 e. The summed E-state index contributed by atoms with van der Waals surface area (Å²) in [7, 11) is 0. The molecule has 1 aromatic heterocycles. The predicted molar refractivity (Wildman–Crippen MR) is 55.1 cm³/mol. The van der Waals surface area contributed by atoms with Crippen LogP contribution in [0.15, 0.2) is 30.5 Å². The van der Waals surface area contributed by atoms with Crippen molar-refractivity contribution in [2.45, 2.75) is 6.18 Å². The van der Waals surface area contributed by atoms with E-state index in [1.54, 1.807) is 0 Å². The van der Waals surface area contributed by atoms with Gasteiger partial charge in [-0.2, -0.15) is 18.3 Å². The Bertz CT molecular complexity index is 571. The molecule has 0 aliphatic carbocycles. The summed E-state index contributed by atoms with van der Waals surface area (Å²) in [5, 5.41) is 6.15. The molecule has 0 atom stereocenters. The molecule has 0 fully saturated rings. The lowest BCUT2D eigenvalue weighted by Gasteiger charge is -2.08. The Balaban J connectivity index is 2.31. The molecule has 10 heteroatoms. The topological polar surface area (TPSA) is 30.7 Å². The first kappa shape index (κ1) is 13.4. The van der Waals surface area contributed by atoms with Crippen molar-refractivity contribution in [3.05, 3.63) is 36.0 Å². The molecule has 2 rings (SSSR count). The van der Waals surface area contributed by atoms with Crippen LogP contribution in [0.5, 0.6) is 0 Å². The molecular formula is C9H5BF6N3-. The molecule has 0 N–H and O–H groups in total. The van der Waals surface area contributed by atoms with Gasteiger partial charge in [0.1, 0.15) is 0 Å². The fourth-order valence-electron chi connectivity index (χ4n) is 1.36. The first-order valence-corrected chi connectivity index (χ1v) is 4.98. The Hall–Kier alpha value is -2.00. The number of halogens is 6. The van der Waals surface area contributed by atoms with E-state index in [4.69, 9.17) is 0 Å². The summed E-state index contributed by atoms with van der Waals surface area (Å²) in [5.74, 6) is 0. The second kappa shape index (κ2) is 4.28. The Morgan fingerprint density at radius 2 is 1.58 bits per heavy atom. The highest BCUT2D eigenvalue weighted by molar-refractivity contribution is 6.72. The minimum absolute atomic E-state index is 0.0619. The average Bonchev–Trinajstić information content (AvgIpc) is 2.77. The van der Waals surface area contributed by atoms with Crippen molar-refractivity contribution >= 4 is 12.6 Å². The average molecular weight is 280 g/mol. The van der Waals surface area contributed by atoms with Crippen LogP contribution < -0.4 is 5.59 Å². The fraction of sp³-hybridized carbons (Fsp3) is 0.111. The quantitative estimate of drug-likeness (QED) is 0.624. The molecule has 0 saturated heterocycles. The Labute approximate surface area is 102 Å². The molecule has 0 saturated carbocycles. The lowest BCUT2D eigenvalue weighted by Crippen LogP contribution is -2.35. The first-order chi connectivity index (χ1) is 8.68. The molecule has 0 spiro atoms. The Morgan fingerprint density at radius 3 is 2.00 bits per heavy atom. The van der Waals surface area contributed by atoms with Crippen LogP contribution in [0.2, 0.25) is 0 Å². The van der Waals surface area contributed by atoms with Crippen LogP contribution in [0, 0.1) is 0 Å². The van der Waals surface area contributed by atoms with Gasteiger partial charge in [0.15, 0.2) is 0 Å². The summed E-state index contributed by atoms with van der Waals surface area (Å²) < 4.78 is 74.7. The summed E-state index contributed by atoms with van der Waals surface area (Å²) in [6.45, 7) is -5.28. The second-order valence-electron chi connectivity index (χ2n) is 3.71. The number of rotatable bonds is 2. The molecule has 0 aliphatic heterocycles. The molecular weight excluding hydrogens is 275 g/mol. The molecule has 1 heterocycles. The van der Waals surface area contributed by atoms with E-state index in [-0.39, 0.29) is 5.69 Å². The highest BCUT2D eigenvalue weighted by Gasteiger charge is 2.31. The number of alkyl halides is 3. The molecule has 0 radical (unpaired) electrons. The van der Waals surface area contributed by atoms with Crippen molar-refractivity contribution in [2.24, 2.45) is 0 Å². The number of hydrogen-bond donors (Lipinski definition) is 0. The maximum Gasteiger partial charge on any atom is 0.531 e. The molecule has 2 aromatic rings. The van der Waals surface area contributed by atoms with E-state index in [1.807, 2.05) is 0 Å². The zero-order chi connectivity index (χ0) is 14.3. The Kier molecular flexibility index (Phi) is 3.03. The van der Waals surface area contributed by atoms with Gasteiger partial charge in [-0.1, -0.05) is 5.21 Å². The van der Waals surface area contributed by atoms with Crippen LogP contribution in [0.3, 0.4) is 0 Å². The summed E-state index contributed by atoms with van der Waals surface area (Å²) in [5.41, 5.74) is -1.98. The summed E-state index contributed by atoms with van der Waals surface area (Å²) in [4.78, 5) is 0. The van der Waals surface area contributed by atoms with E-state index < -0.39 is 24.3 Å². The number of aromatic nitrogens is 3. The molecule has 1 aromatic carbocycles. The van der Waals surface area contributed by atoms with Gasteiger partial charge in [-0.15, -0.1) is 0 Å². The number of benzene rings is 1. The van der Waals surface area contributed by atoms with Crippen LogP contribution in [-0.2, 0) is 6.18 Å². The van der Waals surface area contributed by atoms with Gasteiger partial charge in [0.05, 0.1) is 11.3 Å². The minimum Gasteiger partial charge on any atom is -0.444 e. The number of hydrogen-bond acceptors (Lipinski definition) is 2. The van der Waals surface area contributed by atoms with Crippen LogP contribution in [-0.4, -0.2) is 22.0 Å². The zero-order valence-corrected chi connectivity index (χ0v) is 9.07. The summed E-state index contributed by atoms with van der Waals surface area (Å²) in [6, 6.07) is 3.56. The third kappa shape index (κ3) is 2.88. The fourth-order valence-corrected chi connectivity index (χ4v) is 1.36. The van der Waals surface area contributed by atoms with E-state index >= 15 is 0 Å². The van der Waals surface area contributed by atoms with Crippen molar-refractivity contribution in [2.75, 3.05) is 0 Å². The van der Waals surface area contributed by atoms with Gasteiger partial charge in [-0.25, -0.2) is 4.68 Å². The lowest BCUT2D eigenvalue weighted by molar-refractivity contribution is -0.137. The lowest BCUT2D eigenvalue weighted by atomic mass is 9.87. The van der Waals surface area contributed by atoms with Crippen LogP contribution in [0.4, 0.5) is 26.1 Å². The van der Waals surface area contributed by atoms with Gasteiger partial charge in [0.25, 0.3) is 0 Å². The highest BCUT2D eigenvalue weighted by atomic mass is 19.4. The van der Waals surface area contributed by atoms with Crippen molar-refractivity contribution < 1.29 is 26.1 Å². The SMILES string of the molecule is F[B-](F)(F)c1cn(-c2ccc(C(F)(F)F)cc2)nn1. The molecule has 0 aliphatic rings. The molecule has 0 amide bonds. The van der Waals surface area contributed by atoms with Gasteiger partial charge in [0.2, 0.25) is 0 Å². The van der Waals surface area contributed by atoms with Crippen molar-refractivity contribution in [3.63, 3.8) is 0 Å². The zero-order valence-electron chi connectivity index (χ0n) is 9.07. The van der Waals surface area contributed by atoms with Crippen LogP contribution >= 0.6 is 0 Å². The maximum atomic E-state index is 12.3. The third-order valence-corrected chi connectivity index (χ3v) is 2.31. The van der Waals surface area contributed by atoms with Gasteiger partial charge in [0, 0.05) is 11.8 Å². The molecule has 102 valence electrons. The van der Waals surface area contributed by atoms with Gasteiger partial charge >= 0.3 is 13.2 Å². The molecule has 0 unspecified atom stereocenters. The van der Waals surface area contributed by atoms with Gasteiger partial charge in [-0.05, 0) is 24.3 Å². The van der Waals surface area contributed by atoms with E-state index in [1.165, 1.54) is 0 Å². The van der Waals surface area contributed by atoms with Crippen molar-refractivity contribution in [1.29, 1.82) is 0 Å². The number of nitrogens with zero attached hydrogens (tertiary/aromatic N) is 3. The minimum atomic E-state index is -5.28. The Morgan fingerprint density at radius 1 is 1.00 bits per heavy atom. The van der Waals surface area contributed by atoms with Crippen molar-refractivity contribution in [3.8, 4) is 5.69 Å².